The molecule has 2 N–H and O–H groups in total. The zero-order valence-corrected chi connectivity index (χ0v) is 11.9. The highest BCUT2D eigenvalue weighted by Gasteiger charge is 2.23. The second-order valence-electron chi connectivity index (χ2n) is 5.72. The van der Waals surface area contributed by atoms with Crippen LogP contribution in [0, 0.1) is 0 Å². The van der Waals surface area contributed by atoms with E-state index in [-0.39, 0.29) is 6.04 Å². The van der Waals surface area contributed by atoms with Crippen LogP contribution in [-0.2, 0) is 6.42 Å². The van der Waals surface area contributed by atoms with Gasteiger partial charge in [0.05, 0.1) is 6.10 Å². The van der Waals surface area contributed by atoms with Crippen LogP contribution in [0.4, 0.5) is 0 Å². The van der Waals surface area contributed by atoms with Gasteiger partial charge in [-0.25, -0.2) is 0 Å². The summed E-state index contributed by atoms with van der Waals surface area (Å²) in [6, 6.07) is 17.2. The van der Waals surface area contributed by atoms with Crippen LogP contribution in [0.1, 0.15) is 25.3 Å². The van der Waals surface area contributed by atoms with E-state index in [4.69, 9.17) is 10.5 Å². The number of hydrogen-bond donors (Lipinski definition) is 1. The molecule has 0 aliphatic heterocycles. The second kappa shape index (κ2) is 5.68. The first-order valence-electron chi connectivity index (χ1n) is 7.32. The van der Waals surface area contributed by atoms with E-state index in [1.807, 2.05) is 6.92 Å². The average molecular weight is 267 g/mol. The van der Waals surface area contributed by atoms with E-state index < -0.39 is 0 Å². The van der Waals surface area contributed by atoms with Gasteiger partial charge in [0, 0.05) is 6.04 Å². The summed E-state index contributed by atoms with van der Waals surface area (Å²) in [5.41, 5.74) is 9.57. The summed E-state index contributed by atoms with van der Waals surface area (Å²) in [6.07, 6.45) is 3.78. The predicted octanol–water partition coefficient (Wildman–Crippen LogP) is 3.78. The number of rotatable bonds is 5. The van der Waals surface area contributed by atoms with Gasteiger partial charge < -0.3 is 10.5 Å². The van der Waals surface area contributed by atoms with Crippen LogP contribution in [0.25, 0.3) is 11.1 Å². The highest BCUT2D eigenvalue weighted by atomic mass is 16.5. The third kappa shape index (κ3) is 3.40. The molecule has 1 aliphatic rings. The standard InChI is InChI=1S/C18H21NO/c1-13(19)12-14-2-4-15(5-3-14)16-6-8-17(9-7-16)20-18-10-11-18/h2-9,13,18H,10-12,19H2,1H3. The second-order valence-corrected chi connectivity index (χ2v) is 5.72. The number of hydrogen-bond acceptors (Lipinski definition) is 2. The van der Waals surface area contributed by atoms with Gasteiger partial charge in [-0.3, -0.25) is 0 Å². The zero-order chi connectivity index (χ0) is 13.9. The lowest BCUT2D eigenvalue weighted by Gasteiger charge is -2.08. The third-order valence-corrected chi connectivity index (χ3v) is 3.53. The molecule has 0 radical (unpaired) electrons. The molecule has 0 aromatic heterocycles. The smallest absolute Gasteiger partial charge is 0.119 e. The van der Waals surface area contributed by atoms with Crippen LogP contribution in [-0.4, -0.2) is 12.1 Å². The maximum absolute atomic E-state index is 5.82. The van der Waals surface area contributed by atoms with Crippen LogP contribution in [0.3, 0.4) is 0 Å². The minimum Gasteiger partial charge on any atom is -0.490 e. The van der Waals surface area contributed by atoms with Crippen molar-refractivity contribution in [2.45, 2.75) is 38.3 Å². The minimum absolute atomic E-state index is 0.208. The van der Waals surface area contributed by atoms with Crippen molar-refractivity contribution in [2.75, 3.05) is 0 Å². The lowest BCUT2D eigenvalue weighted by molar-refractivity contribution is 0.303. The van der Waals surface area contributed by atoms with Crippen LogP contribution in [0.2, 0.25) is 0 Å². The van der Waals surface area contributed by atoms with Crippen molar-refractivity contribution in [1.29, 1.82) is 0 Å². The Bertz CT molecular complexity index is 507. The van der Waals surface area contributed by atoms with E-state index in [1.54, 1.807) is 0 Å². The fourth-order valence-corrected chi connectivity index (χ4v) is 2.31. The van der Waals surface area contributed by atoms with Crippen molar-refractivity contribution in [3.05, 3.63) is 54.1 Å². The van der Waals surface area contributed by atoms with E-state index in [1.165, 1.54) is 29.5 Å². The highest BCUT2D eigenvalue weighted by molar-refractivity contribution is 5.64. The topological polar surface area (TPSA) is 35.2 Å². The Morgan fingerprint density at radius 1 is 1.00 bits per heavy atom. The van der Waals surface area contributed by atoms with Crippen molar-refractivity contribution >= 4 is 0 Å². The van der Waals surface area contributed by atoms with Crippen molar-refractivity contribution in [2.24, 2.45) is 5.73 Å². The molecule has 0 saturated heterocycles. The van der Waals surface area contributed by atoms with Crippen molar-refractivity contribution in [1.82, 2.24) is 0 Å². The first-order valence-corrected chi connectivity index (χ1v) is 7.32. The Balaban J connectivity index is 1.71. The molecule has 0 spiro atoms. The van der Waals surface area contributed by atoms with Gasteiger partial charge >= 0.3 is 0 Å². The molecule has 1 fully saturated rings. The van der Waals surface area contributed by atoms with Crippen molar-refractivity contribution < 1.29 is 4.74 Å². The van der Waals surface area contributed by atoms with Crippen molar-refractivity contribution in [3.8, 4) is 16.9 Å². The molecule has 2 heteroatoms. The molecule has 1 atom stereocenters. The molecule has 1 unspecified atom stereocenters. The summed E-state index contributed by atoms with van der Waals surface area (Å²) in [5.74, 6) is 0.977. The number of nitrogens with two attached hydrogens (primary N) is 1. The largest absolute Gasteiger partial charge is 0.490 e. The Morgan fingerprint density at radius 3 is 2.05 bits per heavy atom. The zero-order valence-electron chi connectivity index (χ0n) is 11.9. The molecule has 2 nitrogen and oxygen atoms in total. The normalized spacial score (nSPS) is 15.9. The van der Waals surface area contributed by atoms with E-state index >= 15 is 0 Å². The molecule has 0 heterocycles. The molecule has 1 aliphatic carbocycles. The van der Waals surface area contributed by atoms with Gasteiger partial charge in [0.25, 0.3) is 0 Å². The maximum atomic E-state index is 5.82. The molecular weight excluding hydrogens is 246 g/mol. The van der Waals surface area contributed by atoms with Gasteiger partial charge in [0.15, 0.2) is 0 Å². The van der Waals surface area contributed by atoms with Gasteiger partial charge in [-0.05, 0) is 55.0 Å². The summed E-state index contributed by atoms with van der Waals surface area (Å²) >= 11 is 0. The fraction of sp³-hybridized carbons (Fsp3) is 0.333. The first-order chi connectivity index (χ1) is 9.70. The predicted molar refractivity (Wildman–Crippen MR) is 82.9 cm³/mol. The SMILES string of the molecule is CC(N)Cc1ccc(-c2ccc(OC3CC3)cc2)cc1. The molecule has 1 saturated carbocycles. The number of benzene rings is 2. The fourth-order valence-electron chi connectivity index (χ4n) is 2.31. The Kier molecular flexibility index (Phi) is 3.75. The maximum Gasteiger partial charge on any atom is 0.119 e. The molecule has 104 valence electrons. The Morgan fingerprint density at radius 2 is 1.55 bits per heavy atom. The van der Waals surface area contributed by atoms with Gasteiger partial charge in [-0.15, -0.1) is 0 Å². The van der Waals surface area contributed by atoms with Gasteiger partial charge in [0.1, 0.15) is 5.75 Å². The van der Waals surface area contributed by atoms with Crippen LogP contribution >= 0.6 is 0 Å². The average Bonchev–Trinajstić information content (AvgIpc) is 3.24. The molecule has 20 heavy (non-hydrogen) atoms. The Labute approximate surface area is 120 Å². The van der Waals surface area contributed by atoms with E-state index in [0.29, 0.717) is 6.10 Å². The molecular formula is C18H21NO. The monoisotopic (exact) mass is 267 g/mol. The third-order valence-electron chi connectivity index (χ3n) is 3.53. The van der Waals surface area contributed by atoms with Crippen LogP contribution < -0.4 is 10.5 Å². The van der Waals surface area contributed by atoms with E-state index in [2.05, 4.69) is 48.5 Å². The molecule has 2 aromatic carbocycles. The Hall–Kier alpha value is -1.80. The van der Waals surface area contributed by atoms with Gasteiger partial charge in [0.2, 0.25) is 0 Å². The molecule has 0 amide bonds. The van der Waals surface area contributed by atoms with Crippen molar-refractivity contribution in [3.63, 3.8) is 0 Å². The lowest BCUT2D eigenvalue weighted by atomic mass is 10.0. The molecule has 2 aromatic rings. The molecule has 0 bridgehead atoms. The minimum atomic E-state index is 0.208. The lowest BCUT2D eigenvalue weighted by Crippen LogP contribution is -2.17. The summed E-state index contributed by atoms with van der Waals surface area (Å²) in [6.45, 7) is 2.03. The summed E-state index contributed by atoms with van der Waals surface area (Å²) in [4.78, 5) is 0. The van der Waals surface area contributed by atoms with E-state index in [9.17, 15) is 0 Å². The molecule has 3 rings (SSSR count). The number of ether oxygens (including phenoxy) is 1. The highest BCUT2D eigenvalue weighted by Crippen LogP contribution is 2.28. The van der Waals surface area contributed by atoms with Crippen LogP contribution in [0.5, 0.6) is 5.75 Å². The first kappa shape index (κ1) is 13.2. The van der Waals surface area contributed by atoms with Crippen LogP contribution in [0.15, 0.2) is 48.5 Å². The quantitative estimate of drug-likeness (QED) is 0.894. The summed E-state index contributed by atoms with van der Waals surface area (Å²) in [7, 11) is 0. The summed E-state index contributed by atoms with van der Waals surface area (Å²) in [5, 5.41) is 0. The summed E-state index contributed by atoms with van der Waals surface area (Å²) < 4.78 is 5.77. The van der Waals surface area contributed by atoms with E-state index in [0.717, 1.165) is 12.2 Å². The van der Waals surface area contributed by atoms with Gasteiger partial charge in [-0.2, -0.15) is 0 Å². The van der Waals surface area contributed by atoms with Gasteiger partial charge in [-0.1, -0.05) is 36.4 Å².